The van der Waals surface area contributed by atoms with Gasteiger partial charge in [-0.3, -0.25) is 4.79 Å². The first-order valence-corrected chi connectivity index (χ1v) is 44.4. The average Bonchev–Trinajstić information content (AvgIpc) is 1.65. The molecule has 0 unspecified atom stereocenters. The molecule has 0 aromatic carbocycles. The van der Waals surface area contributed by atoms with Crippen molar-refractivity contribution in [3.8, 4) is 0 Å². The van der Waals surface area contributed by atoms with Crippen LogP contribution < -0.4 is 12.4 Å². The molecule has 12 rings (SSSR count). The summed E-state index contributed by atoms with van der Waals surface area (Å²) in [7, 11) is -5.61. The molecule has 12 heterocycles. The molecule has 0 bridgehead atoms. The number of rotatable bonds is 20. The minimum absolute atomic E-state index is 0. The molecule has 12 aromatic rings. The van der Waals surface area contributed by atoms with Gasteiger partial charge in [-0.2, -0.15) is 0 Å². The van der Waals surface area contributed by atoms with Gasteiger partial charge in [0, 0.05) is 118 Å². The molecule has 0 aliphatic carbocycles. The van der Waals surface area contributed by atoms with Crippen LogP contribution >= 0.6 is 46.4 Å². The fraction of sp³-hybridized carbons (Fsp3) is 0.345. The van der Waals surface area contributed by atoms with E-state index in [1.807, 2.05) is 110 Å². The number of nitrogens with zero attached hydrogens (tertiary/aromatic N) is 11. The molecule has 105 heavy (non-hydrogen) atoms. The molecule has 0 atom stereocenters. The molecule has 12 aromatic heterocycles. The van der Waals surface area contributed by atoms with Gasteiger partial charge in [0.2, 0.25) is 0 Å². The Bertz CT molecular complexity index is 4600. The third kappa shape index (κ3) is 19.0. The normalized spacial score (nSPS) is 12.2. The van der Waals surface area contributed by atoms with E-state index in [0.717, 1.165) is 73.9 Å². The zero-order valence-electron chi connectivity index (χ0n) is 64.3. The van der Waals surface area contributed by atoms with Gasteiger partial charge in [0.25, 0.3) is 0 Å². The number of nitrogens with one attached hydrogen (secondary N) is 1. The lowest BCUT2D eigenvalue weighted by Crippen LogP contribution is -3.00. The molecular formula is C84H104Cl5N12OSi3-. The molecule has 554 valence electrons. The number of aromatic nitrogens is 12. The van der Waals surface area contributed by atoms with E-state index in [1.165, 1.54) is 27.5 Å². The Morgan fingerprint density at radius 3 is 0.952 bits per heavy atom. The number of H-pyrrole nitrogens is 1. The van der Waals surface area contributed by atoms with Crippen molar-refractivity contribution in [2.75, 3.05) is 0 Å². The van der Waals surface area contributed by atoms with Crippen LogP contribution in [0.15, 0.2) is 171 Å². The summed E-state index contributed by atoms with van der Waals surface area (Å²) < 4.78 is 7.54. The van der Waals surface area contributed by atoms with Crippen molar-refractivity contribution in [2.45, 2.75) is 188 Å². The van der Waals surface area contributed by atoms with Gasteiger partial charge in [-0.05, 0) is 151 Å². The van der Waals surface area contributed by atoms with E-state index < -0.39 is 24.7 Å². The highest BCUT2D eigenvalue weighted by atomic mass is 35.5. The molecule has 0 fully saturated rings. The number of halogens is 5. The van der Waals surface area contributed by atoms with E-state index in [-0.39, 0.29) is 12.4 Å². The Balaban J connectivity index is 0.000000189. The predicted octanol–water partition coefficient (Wildman–Crippen LogP) is 22.5. The van der Waals surface area contributed by atoms with E-state index in [0.29, 0.717) is 70.5 Å². The van der Waals surface area contributed by atoms with E-state index in [4.69, 9.17) is 56.4 Å². The van der Waals surface area contributed by atoms with Crippen LogP contribution in [0.5, 0.6) is 0 Å². The van der Waals surface area contributed by atoms with Crippen molar-refractivity contribution in [2.24, 2.45) is 0 Å². The third-order valence-corrected chi connectivity index (χ3v) is 41.8. The first-order chi connectivity index (χ1) is 49.6. The first-order valence-electron chi connectivity index (χ1n) is 36.3. The van der Waals surface area contributed by atoms with E-state index >= 15 is 0 Å². The van der Waals surface area contributed by atoms with Crippen molar-refractivity contribution in [1.29, 1.82) is 0 Å². The second kappa shape index (κ2) is 38.2. The van der Waals surface area contributed by atoms with Crippen LogP contribution in [-0.2, 0) is 6.42 Å². The lowest BCUT2D eigenvalue weighted by Gasteiger charge is -2.44. The zero-order chi connectivity index (χ0) is 75.8. The average molecular weight is 1560 g/mol. The molecule has 0 aliphatic rings. The van der Waals surface area contributed by atoms with Crippen molar-refractivity contribution >= 4 is 158 Å². The van der Waals surface area contributed by atoms with E-state index in [9.17, 15) is 4.79 Å². The summed E-state index contributed by atoms with van der Waals surface area (Å²) in [5, 5.41) is 6.59. The molecule has 0 saturated heterocycles. The standard InChI is InChI=1S/2C23H30ClN3Si.C17H26N2OSi.C14H10ClN3.C7H8ClN.ClH/c2*1-16(2)28(17(3)4,18(5)6)27-15-20(21-8-7-13-25-23(21)27)11-9-19-10-12-22(24)26-14-19;1-12(2)21(13(3)4,14(5)6)19-10-15(11-20)16-8-7-9-18-17(16)19;15-13-6-4-10(8-17-13)3-5-11-9-18-14-12(11)2-1-7-16-14;1-2-6-3-4-7(8)9-5-6;/h2*7-18H,1-6H3;7-14H,1-6H3;1-9H,(H,16,18);3-5H,2H2,1H3;1H/p-1/b11-9+;11-9-;;5-3-;;. The number of carbonyl (C=O) groups is 1. The van der Waals surface area contributed by atoms with E-state index in [1.54, 1.807) is 43.1 Å². The van der Waals surface area contributed by atoms with Gasteiger partial charge in [0.15, 0.2) is 31.0 Å². The number of aldehydes is 1. The van der Waals surface area contributed by atoms with Crippen LogP contribution in [0.1, 0.15) is 181 Å². The largest absolute Gasteiger partial charge is 1.00 e. The molecule has 0 aliphatic heterocycles. The Kier molecular flexibility index (Phi) is 30.8. The van der Waals surface area contributed by atoms with Gasteiger partial charge in [0.05, 0.1) is 0 Å². The van der Waals surface area contributed by atoms with Crippen molar-refractivity contribution < 1.29 is 17.2 Å². The monoisotopic (exact) mass is 1560 g/mol. The number of aryl methyl sites for hydroxylation is 1. The quantitative estimate of drug-likeness (QED) is 0.0447. The fourth-order valence-corrected chi connectivity index (χ4v) is 36.9. The second-order valence-electron chi connectivity index (χ2n) is 29.4. The molecule has 0 amide bonds. The number of hydrogen-bond donors (Lipinski definition) is 1. The van der Waals surface area contributed by atoms with Crippen LogP contribution in [0.3, 0.4) is 0 Å². The Morgan fingerprint density at radius 2 is 0.657 bits per heavy atom. The van der Waals surface area contributed by atoms with E-state index in [2.05, 4.69) is 234 Å². The summed E-state index contributed by atoms with van der Waals surface area (Å²) in [6.07, 6.45) is 37.8. The van der Waals surface area contributed by atoms with Crippen LogP contribution in [0.25, 0.3) is 80.6 Å². The first kappa shape index (κ1) is 84.6. The van der Waals surface area contributed by atoms with Crippen LogP contribution in [-0.4, -0.2) is 88.5 Å². The van der Waals surface area contributed by atoms with Crippen molar-refractivity contribution in [3.05, 3.63) is 237 Å². The maximum absolute atomic E-state index is 11.4. The Morgan fingerprint density at radius 1 is 0.362 bits per heavy atom. The van der Waals surface area contributed by atoms with Gasteiger partial charge in [-0.25, -0.2) is 39.9 Å². The van der Waals surface area contributed by atoms with Gasteiger partial charge in [0.1, 0.15) is 43.2 Å². The SMILES string of the molecule is CC(C)[Si](C(C)C)(C(C)C)n1cc(/C=C/c2ccc(Cl)nc2)c2cccnc21.CC(C)[Si](C(C)C)(C(C)C)n1cc(/C=C\c2ccc(Cl)nc2)c2cccnc21.CC(C)[Si](C(C)C)(C(C)C)n1cc(C=O)c2cccnc21.CCc1ccc(Cl)nc1.Clc1ccc(/C=C\c2c[nH]c3ncccc23)cn1.[Cl-]. The number of pyridine rings is 8. The zero-order valence-corrected chi connectivity index (χ0v) is 71.1. The minimum Gasteiger partial charge on any atom is -1.00 e. The number of carbonyl (C=O) groups excluding carboxylic acids is 1. The minimum atomic E-state index is -1.87. The van der Waals surface area contributed by atoms with Crippen molar-refractivity contribution in [3.63, 3.8) is 0 Å². The predicted molar refractivity (Wildman–Crippen MR) is 453 cm³/mol. The summed E-state index contributed by atoms with van der Waals surface area (Å²) in [5.74, 6) is 0. The lowest BCUT2D eigenvalue weighted by molar-refractivity contribution is -0.0000281. The highest BCUT2D eigenvalue weighted by molar-refractivity contribution is 6.84. The molecule has 0 spiro atoms. The third-order valence-electron chi connectivity index (χ3n) is 20.8. The highest BCUT2D eigenvalue weighted by Gasteiger charge is 2.49. The van der Waals surface area contributed by atoms with Crippen molar-refractivity contribution in [1.82, 2.24) is 57.6 Å². The summed E-state index contributed by atoms with van der Waals surface area (Å²) in [4.78, 5) is 49.4. The topological polar surface area (TPSA) is 151 Å². The fourth-order valence-electron chi connectivity index (χ4n) is 16.7. The Labute approximate surface area is 652 Å². The summed E-state index contributed by atoms with van der Waals surface area (Å²) >= 11 is 23.1. The molecule has 0 radical (unpaired) electrons. The lowest BCUT2D eigenvalue weighted by atomic mass is 10.2. The molecule has 0 saturated carbocycles. The number of fused-ring (bicyclic) bond motifs is 4. The molecular weight excluding hydrogens is 1450 g/mol. The van der Waals surface area contributed by atoms with Gasteiger partial charge in [-0.1, -0.05) is 239 Å². The molecule has 13 nitrogen and oxygen atoms in total. The Hall–Kier alpha value is -7.65. The van der Waals surface area contributed by atoms with Gasteiger partial charge >= 0.3 is 0 Å². The maximum atomic E-state index is 11.4. The number of aromatic amines is 1. The maximum Gasteiger partial charge on any atom is 0.171 e. The second-order valence-corrected chi connectivity index (χ2v) is 48.1. The molecule has 21 heteroatoms. The van der Waals surface area contributed by atoms with Crippen LogP contribution in [0, 0.1) is 0 Å². The smallest absolute Gasteiger partial charge is 0.171 e. The molecule has 1 N–H and O–H groups in total. The van der Waals surface area contributed by atoms with Gasteiger partial charge < -0.3 is 30.1 Å². The summed E-state index contributed by atoms with van der Waals surface area (Å²) in [6.45, 7) is 44.6. The van der Waals surface area contributed by atoms with Crippen LogP contribution in [0.4, 0.5) is 0 Å². The van der Waals surface area contributed by atoms with Crippen LogP contribution in [0.2, 0.25) is 70.5 Å². The van der Waals surface area contributed by atoms with Gasteiger partial charge in [-0.15, -0.1) is 0 Å². The summed E-state index contributed by atoms with van der Waals surface area (Å²) in [6, 6.07) is 31.4. The number of hydrogen-bond acceptors (Lipinski definition) is 9. The highest BCUT2D eigenvalue weighted by Crippen LogP contribution is 2.48. The summed E-state index contributed by atoms with van der Waals surface area (Å²) in [5.41, 5.74) is 18.1.